The molecule has 4 aromatic rings. The fraction of sp³-hybridized carbons (Fsp3) is 0. The Hall–Kier alpha value is -3.87. The van der Waals surface area contributed by atoms with Crippen LogP contribution in [-0.2, 0) is 0 Å². The molecular weight excluding hydrogens is 332 g/mol. The highest BCUT2D eigenvalue weighted by molar-refractivity contribution is 6.08. The van der Waals surface area contributed by atoms with Gasteiger partial charge in [0.15, 0.2) is 0 Å². The van der Waals surface area contributed by atoms with Crippen molar-refractivity contribution in [1.82, 2.24) is 14.8 Å². The molecule has 0 aliphatic carbocycles. The Balaban J connectivity index is 1.67. The lowest BCUT2D eigenvalue weighted by atomic mass is 10.1. The Kier molecular flexibility index (Phi) is 3.74. The molecule has 1 amide bonds. The third-order valence-electron chi connectivity index (χ3n) is 4.11. The Labute approximate surface area is 146 Å². The average Bonchev–Trinajstić information content (AvgIpc) is 3.20. The first-order valence-electron chi connectivity index (χ1n) is 7.92. The number of fused-ring (bicyclic) bond motifs is 1. The van der Waals surface area contributed by atoms with Crippen molar-refractivity contribution in [2.75, 3.05) is 5.32 Å². The second kappa shape index (κ2) is 6.21. The van der Waals surface area contributed by atoms with Crippen LogP contribution >= 0.6 is 0 Å². The van der Waals surface area contributed by atoms with Crippen molar-refractivity contribution >= 4 is 22.4 Å². The Bertz CT molecular complexity index is 1200. The van der Waals surface area contributed by atoms with Crippen LogP contribution in [0.3, 0.4) is 0 Å². The van der Waals surface area contributed by atoms with Crippen LogP contribution in [0.2, 0.25) is 0 Å². The van der Waals surface area contributed by atoms with Crippen molar-refractivity contribution < 1.29 is 4.79 Å². The van der Waals surface area contributed by atoms with E-state index in [2.05, 4.69) is 15.5 Å². The van der Waals surface area contributed by atoms with E-state index in [1.807, 2.05) is 41.2 Å². The molecule has 0 aliphatic rings. The maximum atomic E-state index is 12.5. The molecule has 26 heavy (non-hydrogen) atoms. The van der Waals surface area contributed by atoms with Crippen molar-refractivity contribution in [3.8, 4) is 5.69 Å². The van der Waals surface area contributed by atoms with E-state index in [0.29, 0.717) is 5.56 Å². The van der Waals surface area contributed by atoms with Crippen LogP contribution in [0.25, 0.3) is 16.5 Å². The van der Waals surface area contributed by atoms with Gasteiger partial charge in [0.25, 0.3) is 17.0 Å². The third-order valence-corrected chi connectivity index (χ3v) is 4.11. The monoisotopic (exact) mass is 346 g/mol. The largest absolute Gasteiger partial charge is 0.324 e. The molecule has 7 heteroatoms. The number of hydrogen-bond donors (Lipinski definition) is 3. The highest BCUT2D eigenvalue weighted by Gasteiger charge is 2.12. The number of carbonyl (C=O) groups is 1. The Morgan fingerprint density at radius 1 is 0.846 bits per heavy atom. The predicted octanol–water partition coefficient (Wildman–Crippen LogP) is 2.26. The van der Waals surface area contributed by atoms with Crippen molar-refractivity contribution in [1.29, 1.82) is 0 Å². The molecule has 0 aliphatic heterocycles. The summed E-state index contributed by atoms with van der Waals surface area (Å²) in [5, 5.41) is 7.61. The smallest absolute Gasteiger partial charge is 0.272 e. The van der Waals surface area contributed by atoms with Gasteiger partial charge in [-0.25, -0.2) is 0 Å². The number of H-pyrrole nitrogens is 2. The van der Waals surface area contributed by atoms with Gasteiger partial charge in [-0.1, -0.05) is 6.07 Å². The second-order valence-electron chi connectivity index (χ2n) is 5.73. The number of benzene rings is 2. The van der Waals surface area contributed by atoms with E-state index in [4.69, 9.17) is 0 Å². The zero-order chi connectivity index (χ0) is 18.1. The van der Waals surface area contributed by atoms with Gasteiger partial charge in [0.1, 0.15) is 0 Å². The second-order valence-corrected chi connectivity index (χ2v) is 5.73. The van der Waals surface area contributed by atoms with E-state index in [9.17, 15) is 14.4 Å². The third kappa shape index (κ3) is 2.71. The normalized spacial score (nSPS) is 10.8. The van der Waals surface area contributed by atoms with Crippen LogP contribution in [-0.4, -0.2) is 20.7 Å². The topological polar surface area (TPSA) is 99.8 Å². The van der Waals surface area contributed by atoms with E-state index in [-0.39, 0.29) is 22.4 Å². The number of rotatable bonds is 3. The van der Waals surface area contributed by atoms with Crippen LogP contribution in [0.4, 0.5) is 5.69 Å². The molecule has 0 fully saturated rings. The molecule has 128 valence electrons. The Morgan fingerprint density at radius 2 is 1.54 bits per heavy atom. The molecule has 3 N–H and O–H groups in total. The molecule has 0 atom stereocenters. The lowest BCUT2D eigenvalue weighted by Crippen LogP contribution is -2.21. The van der Waals surface area contributed by atoms with Gasteiger partial charge in [-0.2, -0.15) is 0 Å². The summed E-state index contributed by atoms with van der Waals surface area (Å²) in [5.74, 6) is -0.365. The molecule has 2 aromatic heterocycles. The highest BCUT2D eigenvalue weighted by Crippen LogP contribution is 2.18. The number of nitrogens with one attached hydrogen (secondary N) is 3. The number of anilines is 1. The quantitative estimate of drug-likeness (QED) is 0.530. The molecule has 0 saturated carbocycles. The van der Waals surface area contributed by atoms with E-state index in [1.165, 1.54) is 6.07 Å². The maximum Gasteiger partial charge on any atom is 0.272 e. The summed E-state index contributed by atoms with van der Waals surface area (Å²) in [5.41, 5.74) is 0.762. The van der Waals surface area contributed by atoms with Crippen LogP contribution < -0.4 is 16.4 Å². The number of carbonyl (C=O) groups excluding carboxylic acids is 1. The highest BCUT2D eigenvalue weighted by atomic mass is 16.2. The SMILES string of the molecule is O=C(Nc1cccc2c(=O)[nH][nH]c(=O)c12)c1ccc(-n2cccc2)cc1. The van der Waals surface area contributed by atoms with E-state index >= 15 is 0 Å². The van der Waals surface area contributed by atoms with Crippen LogP contribution in [0.15, 0.2) is 76.6 Å². The minimum absolute atomic E-state index is 0.147. The Morgan fingerprint density at radius 3 is 2.27 bits per heavy atom. The van der Waals surface area contributed by atoms with E-state index < -0.39 is 11.1 Å². The zero-order valence-corrected chi connectivity index (χ0v) is 13.5. The van der Waals surface area contributed by atoms with Gasteiger partial charge in [0, 0.05) is 23.6 Å². The van der Waals surface area contributed by atoms with Crippen molar-refractivity contribution in [3.05, 3.63) is 93.3 Å². The minimum Gasteiger partial charge on any atom is -0.324 e. The average molecular weight is 346 g/mol. The van der Waals surface area contributed by atoms with Gasteiger partial charge < -0.3 is 9.88 Å². The summed E-state index contributed by atoms with van der Waals surface area (Å²) in [6, 6.07) is 15.6. The fourth-order valence-electron chi connectivity index (χ4n) is 2.82. The molecule has 0 unspecified atom stereocenters. The first kappa shape index (κ1) is 15.6. The summed E-state index contributed by atoms with van der Waals surface area (Å²) in [6.45, 7) is 0. The first-order chi connectivity index (χ1) is 12.6. The van der Waals surface area contributed by atoms with Gasteiger partial charge in [-0.05, 0) is 48.5 Å². The number of hydrogen-bond acceptors (Lipinski definition) is 3. The summed E-state index contributed by atoms with van der Waals surface area (Å²) < 4.78 is 1.93. The van der Waals surface area contributed by atoms with Gasteiger partial charge in [-0.3, -0.25) is 24.6 Å². The molecule has 0 saturated heterocycles. The van der Waals surface area contributed by atoms with Gasteiger partial charge >= 0.3 is 0 Å². The van der Waals surface area contributed by atoms with Gasteiger partial charge in [0.05, 0.1) is 16.5 Å². The predicted molar refractivity (Wildman–Crippen MR) is 98.9 cm³/mol. The maximum absolute atomic E-state index is 12.5. The van der Waals surface area contributed by atoms with Crippen molar-refractivity contribution in [2.45, 2.75) is 0 Å². The van der Waals surface area contributed by atoms with Crippen LogP contribution in [0.1, 0.15) is 10.4 Å². The fourth-order valence-corrected chi connectivity index (χ4v) is 2.82. The zero-order valence-electron chi connectivity index (χ0n) is 13.5. The summed E-state index contributed by atoms with van der Waals surface area (Å²) in [6.07, 6.45) is 3.82. The molecule has 7 nitrogen and oxygen atoms in total. The van der Waals surface area contributed by atoms with Crippen molar-refractivity contribution in [3.63, 3.8) is 0 Å². The lowest BCUT2D eigenvalue weighted by molar-refractivity contribution is 0.102. The molecule has 2 heterocycles. The van der Waals surface area contributed by atoms with Crippen molar-refractivity contribution in [2.24, 2.45) is 0 Å². The summed E-state index contributed by atoms with van der Waals surface area (Å²) >= 11 is 0. The molecule has 0 bridgehead atoms. The summed E-state index contributed by atoms with van der Waals surface area (Å²) in [4.78, 5) is 36.4. The standard InChI is InChI=1S/C19H14N4O3/c24-17(12-6-8-13(9-7-12)23-10-1-2-11-23)20-15-5-3-4-14-16(15)19(26)22-21-18(14)25/h1-11H,(H,20,24)(H,21,25)(H,22,26). The molecule has 0 radical (unpaired) electrons. The van der Waals surface area contributed by atoms with Crippen LogP contribution in [0, 0.1) is 0 Å². The van der Waals surface area contributed by atoms with E-state index in [0.717, 1.165) is 5.69 Å². The molecule has 4 rings (SSSR count). The summed E-state index contributed by atoms with van der Waals surface area (Å²) in [7, 11) is 0. The number of nitrogens with zero attached hydrogens (tertiary/aromatic N) is 1. The molecule has 0 spiro atoms. The molecule has 2 aromatic carbocycles. The number of aromatic nitrogens is 3. The van der Waals surface area contributed by atoms with E-state index in [1.54, 1.807) is 24.3 Å². The van der Waals surface area contributed by atoms with Gasteiger partial charge in [0.2, 0.25) is 0 Å². The first-order valence-corrected chi connectivity index (χ1v) is 7.92. The number of amides is 1. The van der Waals surface area contributed by atoms with Crippen LogP contribution in [0.5, 0.6) is 0 Å². The minimum atomic E-state index is -0.474. The molecular formula is C19H14N4O3. The van der Waals surface area contributed by atoms with Gasteiger partial charge in [-0.15, -0.1) is 0 Å². The number of aromatic amines is 2. The lowest BCUT2D eigenvalue weighted by Gasteiger charge is -2.09.